The molecule has 0 saturated heterocycles. The topological polar surface area (TPSA) is 64.3 Å². The van der Waals surface area contributed by atoms with Crippen LogP contribution in [0.1, 0.15) is 28.3 Å². The van der Waals surface area contributed by atoms with Gasteiger partial charge in [0.1, 0.15) is 5.75 Å². The number of hydrogen-bond acceptors (Lipinski definition) is 3. The maximum absolute atomic E-state index is 12.2. The first-order chi connectivity index (χ1) is 10.2. The number of nitrogens with one attached hydrogen (secondary N) is 1. The fourth-order valence-corrected chi connectivity index (χ4v) is 2.53. The van der Waals surface area contributed by atoms with Gasteiger partial charge in [0.15, 0.2) is 0 Å². The molecule has 4 heteroatoms. The summed E-state index contributed by atoms with van der Waals surface area (Å²) in [5.41, 5.74) is 8.13. The van der Waals surface area contributed by atoms with Crippen LogP contribution in [0.4, 0.5) is 5.69 Å². The Bertz CT molecular complexity index is 655. The van der Waals surface area contributed by atoms with Gasteiger partial charge in [0.2, 0.25) is 0 Å². The Morgan fingerprint density at radius 2 is 2.00 bits per heavy atom. The third-order valence-electron chi connectivity index (χ3n) is 3.83. The molecule has 2 atom stereocenters. The summed E-state index contributed by atoms with van der Waals surface area (Å²) in [7, 11) is 1.54. The van der Waals surface area contributed by atoms with Crippen molar-refractivity contribution < 1.29 is 9.53 Å². The molecule has 0 spiro atoms. The third kappa shape index (κ3) is 2.84. The van der Waals surface area contributed by atoms with Crippen molar-refractivity contribution in [2.45, 2.75) is 18.4 Å². The molecule has 0 heterocycles. The number of ether oxygens (including phenoxy) is 1. The number of carbonyl (C=O) groups excluding carboxylic acids is 1. The number of rotatable bonds is 4. The van der Waals surface area contributed by atoms with Gasteiger partial charge in [0, 0.05) is 17.5 Å². The van der Waals surface area contributed by atoms with E-state index in [-0.39, 0.29) is 11.9 Å². The molecule has 0 bridgehead atoms. The predicted octanol–water partition coefficient (Wildman–Crippen LogP) is 2.56. The number of anilines is 1. The number of nitrogen functional groups attached to an aromatic ring is 1. The van der Waals surface area contributed by atoms with Crippen LogP contribution in [0.5, 0.6) is 5.75 Å². The van der Waals surface area contributed by atoms with Crippen LogP contribution in [-0.2, 0) is 0 Å². The maximum Gasteiger partial charge on any atom is 0.251 e. The molecule has 1 amide bonds. The molecule has 0 aromatic heterocycles. The normalized spacial score (nSPS) is 19.9. The highest BCUT2D eigenvalue weighted by Crippen LogP contribution is 2.40. The molecule has 2 aromatic carbocycles. The molecule has 1 saturated carbocycles. The molecule has 1 unspecified atom stereocenters. The Kier molecular flexibility index (Phi) is 3.52. The summed E-state index contributed by atoms with van der Waals surface area (Å²) in [6.45, 7) is 0. The Hall–Kier alpha value is -2.49. The second-order valence-electron chi connectivity index (χ2n) is 5.29. The summed E-state index contributed by atoms with van der Waals surface area (Å²) >= 11 is 0. The highest BCUT2D eigenvalue weighted by molar-refractivity contribution is 5.95. The van der Waals surface area contributed by atoms with Crippen molar-refractivity contribution in [3.63, 3.8) is 0 Å². The lowest BCUT2D eigenvalue weighted by molar-refractivity contribution is 0.0950. The van der Waals surface area contributed by atoms with Crippen molar-refractivity contribution >= 4 is 11.6 Å². The first-order valence-electron chi connectivity index (χ1n) is 6.98. The van der Waals surface area contributed by atoms with E-state index in [1.54, 1.807) is 25.3 Å². The molecular formula is C17H18N2O2. The molecule has 4 nitrogen and oxygen atoms in total. The van der Waals surface area contributed by atoms with E-state index < -0.39 is 0 Å². The van der Waals surface area contributed by atoms with Gasteiger partial charge in [0.05, 0.1) is 12.8 Å². The quantitative estimate of drug-likeness (QED) is 0.847. The number of methoxy groups -OCH3 is 1. The van der Waals surface area contributed by atoms with Crippen molar-refractivity contribution in [1.29, 1.82) is 0 Å². The van der Waals surface area contributed by atoms with Crippen LogP contribution in [0.3, 0.4) is 0 Å². The van der Waals surface area contributed by atoms with Gasteiger partial charge < -0.3 is 15.8 Å². The van der Waals surface area contributed by atoms with Crippen LogP contribution in [0.25, 0.3) is 0 Å². The molecule has 21 heavy (non-hydrogen) atoms. The second-order valence-corrected chi connectivity index (χ2v) is 5.29. The highest BCUT2D eigenvalue weighted by atomic mass is 16.5. The minimum atomic E-state index is -0.0864. The average Bonchev–Trinajstić information content (AvgIpc) is 3.27. The Labute approximate surface area is 123 Å². The lowest BCUT2D eigenvalue weighted by Gasteiger charge is -2.08. The number of benzene rings is 2. The van der Waals surface area contributed by atoms with Crippen LogP contribution in [-0.4, -0.2) is 19.1 Å². The van der Waals surface area contributed by atoms with Crippen LogP contribution < -0.4 is 15.8 Å². The van der Waals surface area contributed by atoms with Crippen molar-refractivity contribution in [3.8, 4) is 5.75 Å². The van der Waals surface area contributed by atoms with Gasteiger partial charge in [-0.15, -0.1) is 0 Å². The molecule has 3 N–H and O–H groups in total. The van der Waals surface area contributed by atoms with E-state index in [9.17, 15) is 4.79 Å². The maximum atomic E-state index is 12.2. The summed E-state index contributed by atoms with van der Waals surface area (Å²) < 4.78 is 5.14. The first kappa shape index (κ1) is 13.5. The van der Waals surface area contributed by atoms with Crippen molar-refractivity contribution in [2.24, 2.45) is 0 Å². The van der Waals surface area contributed by atoms with Crippen molar-refractivity contribution in [1.82, 2.24) is 5.32 Å². The minimum Gasteiger partial charge on any atom is -0.495 e. The van der Waals surface area contributed by atoms with E-state index in [0.717, 1.165) is 6.42 Å². The standard InChI is InChI=1S/C17H18N2O2/c1-21-16-9-12(7-8-14(16)18)17(20)19-15-10-13(15)11-5-3-2-4-6-11/h2-9,13,15H,10,18H2,1H3,(H,19,20)/t13-,15?/m0/s1. The summed E-state index contributed by atoms with van der Waals surface area (Å²) in [6.07, 6.45) is 0.988. The highest BCUT2D eigenvalue weighted by Gasteiger charge is 2.39. The Morgan fingerprint density at radius 1 is 1.24 bits per heavy atom. The largest absolute Gasteiger partial charge is 0.495 e. The van der Waals surface area contributed by atoms with Crippen LogP contribution in [0, 0.1) is 0 Å². The summed E-state index contributed by atoms with van der Waals surface area (Å²) in [4.78, 5) is 12.2. The number of nitrogens with two attached hydrogens (primary N) is 1. The third-order valence-corrected chi connectivity index (χ3v) is 3.83. The smallest absolute Gasteiger partial charge is 0.251 e. The van der Waals surface area contributed by atoms with E-state index in [4.69, 9.17) is 10.5 Å². The number of carbonyl (C=O) groups is 1. The van der Waals surface area contributed by atoms with E-state index >= 15 is 0 Å². The molecule has 1 aliphatic rings. The van der Waals surface area contributed by atoms with Gasteiger partial charge >= 0.3 is 0 Å². The zero-order valence-electron chi connectivity index (χ0n) is 11.9. The molecule has 108 valence electrons. The van der Waals surface area contributed by atoms with Gasteiger partial charge in [-0.2, -0.15) is 0 Å². The van der Waals surface area contributed by atoms with E-state index in [1.165, 1.54) is 5.56 Å². The Balaban J connectivity index is 1.66. The van der Waals surface area contributed by atoms with Gasteiger partial charge in [-0.1, -0.05) is 30.3 Å². The van der Waals surface area contributed by atoms with Gasteiger partial charge in [-0.25, -0.2) is 0 Å². The monoisotopic (exact) mass is 282 g/mol. The second kappa shape index (κ2) is 5.48. The molecule has 2 aromatic rings. The fraction of sp³-hybridized carbons (Fsp3) is 0.235. The fourth-order valence-electron chi connectivity index (χ4n) is 2.53. The van der Waals surface area contributed by atoms with Crippen LogP contribution in [0.15, 0.2) is 48.5 Å². The summed E-state index contributed by atoms with van der Waals surface area (Å²) in [5.74, 6) is 0.862. The van der Waals surface area contributed by atoms with Crippen LogP contribution >= 0.6 is 0 Å². The molecule has 1 fully saturated rings. The number of hydrogen-bond donors (Lipinski definition) is 2. The summed E-state index contributed by atoms with van der Waals surface area (Å²) in [5, 5.41) is 3.05. The van der Waals surface area contributed by atoms with Crippen molar-refractivity contribution in [3.05, 3.63) is 59.7 Å². The van der Waals surface area contributed by atoms with Crippen molar-refractivity contribution in [2.75, 3.05) is 12.8 Å². The average molecular weight is 282 g/mol. The van der Waals surface area contributed by atoms with Gasteiger partial charge in [0.25, 0.3) is 5.91 Å². The Morgan fingerprint density at radius 3 is 2.71 bits per heavy atom. The van der Waals surface area contributed by atoms with Crippen LogP contribution in [0.2, 0.25) is 0 Å². The first-order valence-corrected chi connectivity index (χ1v) is 6.98. The van der Waals surface area contributed by atoms with Gasteiger partial charge in [-0.3, -0.25) is 4.79 Å². The predicted molar refractivity (Wildman–Crippen MR) is 82.5 cm³/mol. The molecular weight excluding hydrogens is 264 g/mol. The lowest BCUT2D eigenvalue weighted by Crippen LogP contribution is -2.26. The molecule has 1 aliphatic carbocycles. The molecule has 0 aliphatic heterocycles. The minimum absolute atomic E-state index is 0.0864. The lowest BCUT2D eigenvalue weighted by atomic mass is 10.1. The molecule has 3 rings (SSSR count). The molecule has 0 radical (unpaired) electrons. The zero-order valence-corrected chi connectivity index (χ0v) is 11.9. The zero-order chi connectivity index (χ0) is 14.8. The summed E-state index contributed by atoms with van der Waals surface area (Å²) in [6, 6.07) is 15.5. The van der Waals surface area contributed by atoms with Gasteiger partial charge in [-0.05, 0) is 30.2 Å². The van der Waals surface area contributed by atoms with E-state index in [0.29, 0.717) is 22.9 Å². The van der Waals surface area contributed by atoms with E-state index in [2.05, 4.69) is 17.4 Å². The van der Waals surface area contributed by atoms with E-state index in [1.807, 2.05) is 18.2 Å². The number of amides is 1. The SMILES string of the molecule is COc1cc(C(=O)NC2C[C@H]2c2ccccc2)ccc1N.